The summed E-state index contributed by atoms with van der Waals surface area (Å²) in [6.07, 6.45) is 0. The topological polar surface area (TPSA) is 65.5 Å². The number of halogens is 1. The number of nitrogens with zero attached hydrogens (tertiary/aromatic N) is 2. The highest BCUT2D eigenvalue weighted by Crippen LogP contribution is 2.36. The molecule has 0 aliphatic rings. The number of benzene rings is 3. The number of hydrogen-bond acceptors (Lipinski definition) is 6. The minimum absolute atomic E-state index is 0.0391. The Morgan fingerprint density at radius 3 is 2.22 bits per heavy atom. The Hall–Kier alpha value is -3.51. The lowest BCUT2D eigenvalue weighted by molar-refractivity contribution is 0.356. The van der Waals surface area contributed by atoms with Gasteiger partial charge in [0.1, 0.15) is 11.6 Å². The van der Waals surface area contributed by atoms with Gasteiger partial charge in [0.2, 0.25) is 5.28 Å². The van der Waals surface area contributed by atoms with Crippen LogP contribution in [0.4, 0.5) is 5.82 Å². The van der Waals surface area contributed by atoms with Crippen LogP contribution >= 0.6 is 11.6 Å². The van der Waals surface area contributed by atoms with Gasteiger partial charge in [-0.1, -0.05) is 30.3 Å². The van der Waals surface area contributed by atoms with Crippen molar-refractivity contribution in [1.29, 1.82) is 0 Å². The molecule has 7 heteroatoms. The normalized spacial score (nSPS) is 11.8. The van der Waals surface area contributed by atoms with E-state index in [1.807, 2.05) is 30.3 Å². The highest BCUT2D eigenvalue weighted by molar-refractivity contribution is 6.28. The summed E-state index contributed by atoms with van der Waals surface area (Å²) in [7, 11) is 4.85. The van der Waals surface area contributed by atoms with Crippen molar-refractivity contribution in [2.45, 2.75) is 13.0 Å². The minimum atomic E-state index is -0.0391. The quantitative estimate of drug-likeness (QED) is 0.341. The molecule has 1 N–H and O–H groups in total. The van der Waals surface area contributed by atoms with Crippen LogP contribution in [0.25, 0.3) is 22.0 Å². The van der Waals surface area contributed by atoms with Crippen LogP contribution in [-0.2, 0) is 0 Å². The summed E-state index contributed by atoms with van der Waals surface area (Å²) in [5.41, 5.74) is 3.97. The van der Waals surface area contributed by atoms with Gasteiger partial charge in [0.15, 0.2) is 11.5 Å². The maximum Gasteiger partial charge on any atom is 0.224 e. The highest BCUT2D eigenvalue weighted by Gasteiger charge is 2.15. The molecule has 4 rings (SSSR count). The van der Waals surface area contributed by atoms with Crippen molar-refractivity contribution in [3.63, 3.8) is 0 Å². The summed E-state index contributed by atoms with van der Waals surface area (Å²) in [4.78, 5) is 8.77. The van der Waals surface area contributed by atoms with E-state index < -0.39 is 0 Å². The maximum atomic E-state index is 6.21. The molecule has 32 heavy (non-hydrogen) atoms. The smallest absolute Gasteiger partial charge is 0.224 e. The standard InChI is InChI=1S/C25H24ClN3O3/c1-15(16-7-5-8-17(11-16)18-9-6-10-19(12-18)30-2)27-24-20-13-22(31-3)23(32-4)14-21(20)28-25(26)29-24/h5-15H,1-4H3,(H,27,28,29). The van der Waals surface area contributed by atoms with Crippen LogP contribution in [0, 0.1) is 0 Å². The fraction of sp³-hybridized carbons (Fsp3) is 0.200. The first-order chi connectivity index (χ1) is 15.5. The molecule has 0 aliphatic carbocycles. The first-order valence-electron chi connectivity index (χ1n) is 10.1. The molecular formula is C25H24ClN3O3. The van der Waals surface area contributed by atoms with E-state index in [2.05, 4.69) is 46.5 Å². The molecule has 1 heterocycles. The largest absolute Gasteiger partial charge is 0.497 e. The van der Waals surface area contributed by atoms with Gasteiger partial charge in [-0.05, 0) is 59.5 Å². The summed E-state index contributed by atoms with van der Waals surface area (Å²) in [6.45, 7) is 2.08. The van der Waals surface area contributed by atoms with Crippen molar-refractivity contribution < 1.29 is 14.2 Å². The van der Waals surface area contributed by atoms with Gasteiger partial charge in [0.25, 0.3) is 0 Å². The monoisotopic (exact) mass is 449 g/mol. The van der Waals surface area contributed by atoms with E-state index in [1.165, 1.54) is 0 Å². The molecule has 0 saturated carbocycles. The highest BCUT2D eigenvalue weighted by atomic mass is 35.5. The van der Waals surface area contributed by atoms with Crippen molar-refractivity contribution in [2.24, 2.45) is 0 Å². The van der Waals surface area contributed by atoms with Gasteiger partial charge in [0.05, 0.1) is 26.8 Å². The maximum absolute atomic E-state index is 6.21. The van der Waals surface area contributed by atoms with E-state index in [0.29, 0.717) is 22.8 Å². The average molecular weight is 450 g/mol. The Labute approximate surface area is 192 Å². The number of hydrogen-bond donors (Lipinski definition) is 1. The molecule has 164 valence electrons. The van der Waals surface area contributed by atoms with Crippen LogP contribution in [-0.4, -0.2) is 31.3 Å². The fourth-order valence-electron chi connectivity index (χ4n) is 3.62. The van der Waals surface area contributed by atoms with Crippen LogP contribution in [0.5, 0.6) is 17.2 Å². The number of nitrogens with one attached hydrogen (secondary N) is 1. The Morgan fingerprint density at radius 1 is 0.812 bits per heavy atom. The van der Waals surface area contributed by atoms with E-state index in [1.54, 1.807) is 27.4 Å². The second-order valence-corrected chi connectivity index (χ2v) is 7.63. The van der Waals surface area contributed by atoms with Crippen molar-refractivity contribution in [3.05, 3.63) is 71.5 Å². The van der Waals surface area contributed by atoms with Crippen LogP contribution < -0.4 is 19.5 Å². The lowest BCUT2D eigenvalue weighted by Gasteiger charge is -2.18. The number of rotatable bonds is 7. The third kappa shape index (κ3) is 4.41. The van der Waals surface area contributed by atoms with Crippen LogP contribution in [0.2, 0.25) is 5.28 Å². The molecule has 1 atom stereocenters. The SMILES string of the molecule is COc1cccc(-c2cccc(C(C)Nc3nc(Cl)nc4cc(OC)c(OC)cc34)c2)c1. The number of fused-ring (bicyclic) bond motifs is 1. The van der Waals surface area contributed by atoms with Gasteiger partial charge in [-0.15, -0.1) is 0 Å². The van der Waals surface area contributed by atoms with Crippen molar-refractivity contribution in [3.8, 4) is 28.4 Å². The van der Waals surface area contributed by atoms with Crippen molar-refractivity contribution in [1.82, 2.24) is 9.97 Å². The molecule has 0 amide bonds. The van der Waals surface area contributed by atoms with Crippen molar-refractivity contribution >= 4 is 28.3 Å². The van der Waals surface area contributed by atoms with E-state index in [-0.39, 0.29) is 11.3 Å². The third-order valence-electron chi connectivity index (χ3n) is 5.32. The molecule has 0 fully saturated rings. The van der Waals surface area contributed by atoms with Crippen molar-refractivity contribution in [2.75, 3.05) is 26.6 Å². The van der Waals surface area contributed by atoms with Gasteiger partial charge in [-0.25, -0.2) is 9.97 Å². The van der Waals surface area contributed by atoms with E-state index >= 15 is 0 Å². The molecule has 1 aromatic heterocycles. The summed E-state index contributed by atoms with van der Waals surface area (Å²) < 4.78 is 16.2. The first kappa shape index (κ1) is 21.7. The van der Waals surface area contributed by atoms with Crippen LogP contribution in [0.3, 0.4) is 0 Å². The number of anilines is 1. The van der Waals surface area contributed by atoms with Gasteiger partial charge in [-0.2, -0.15) is 0 Å². The molecule has 0 bridgehead atoms. The molecule has 3 aromatic carbocycles. The Balaban J connectivity index is 1.69. The van der Waals surface area contributed by atoms with Crippen LogP contribution in [0.15, 0.2) is 60.7 Å². The lowest BCUT2D eigenvalue weighted by atomic mass is 10.00. The molecular weight excluding hydrogens is 426 g/mol. The number of methoxy groups -OCH3 is 3. The van der Waals surface area contributed by atoms with Gasteiger partial charge in [-0.3, -0.25) is 0 Å². The zero-order valence-electron chi connectivity index (χ0n) is 18.3. The molecule has 6 nitrogen and oxygen atoms in total. The zero-order valence-corrected chi connectivity index (χ0v) is 19.1. The van der Waals surface area contributed by atoms with Gasteiger partial charge in [0, 0.05) is 17.5 Å². The predicted octanol–water partition coefficient (Wildman–Crippen LogP) is 6.15. The summed E-state index contributed by atoms with van der Waals surface area (Å²) in [5, 5.41) is 4.43. The summed E-state index contributed by atoms with van der Waals surface area (Å²) >= 11 is 6.21. The molecule has 0 spiro atoms. The number of aromatic nitrogens is 2. The fourth-order valence-corrected chi connectivity index (χ4v) is 3.79. The molecule has 1 unspecified atom stereocenters. The van der Waals surface area contributed by atoms with E-state index in [4.69, 9.17) is 25.8 Å². The van der Waals surface area contributed by atoms with E-state index in [9.17, 15) is 0 Å². The first-order valence-corrected chi connectivity index (χ1v) is 10.5. The molecule has 0 aliphatic heterocycles. The minimum Gasteiger partial charge on any atom is -0.497 e. The lowest BCUT2D eigenvalue weighted by Crippen LogP contribution is -2.09. The Bertz CT molecular complexity index is 1260. The van der Waals surface area contributed by atoms with Gasteiger partial charge >= 0.3 is 0 Å². The predicted molar refractivity (Wildman–Crippen MR) is 128 cm³/mol. The zero-order chi connectivity index (χ0) is 22.7. The number of ether oxygens (including phenoxy) is 3. The Morgan fingerprint density at radius 2 is 1.50 bits per heavy atom. The second-order valence-electron chi connectivity index (χ2n) is 7.29. The van der Waals surface area contributed by atoms with Gasteiger partial charge < -0.3 is 19.5 Å². The molecule has 0 radical (unpaired) electrons. The summed E-state index contributed by atoms with van der Waals surface area (Å²) in [6, 6.07) is 20.0. The second kappa shape index (κ2) is 9.32. The molecule has 0 saturated heterocycles. The van der Waals surface area contributed by atoms with Crippen LogP contribution in [0.1, 0.15) is 18.5 Å². The average Bonchev–Trinajstić information content (AvgIpc) is 2.83. The summed E-state index contributed by atoms with van der Waals surface area (Å²) in [5.74, 6) is 2.63. The molecule has 4 aromatic rings. The third-order valence-corrected chi connectivity index (χ3v) is 5.49. The Kier molecular flexibility index (Phi) is 6.32. The van der Waals surface area contributed by atoms with E-state index in [0.717, 1.165) is 27.8 Å².